The summed E-state index contributed by atoms with van der Waals surface area (Å²) in [6.45, 7) is 0.487. The van der Waals surface area contributed by atoms with Gasteiger partial charge in [-0.05, 0) is 6.42 Å². The zero-order valence-electron chi connectivity index (χ0n) is 10.9. The highest BCUT2D eigenvalue weighted by molar-refractivity contribution is 5.83. The zero-order valence-corrected chi connectivity index (χ0v) is 10.9. The van der Waals surface area contributed by atoms with E-state index in [2.05, 4.69) is 10.1 Å². The summed E-state index contributed by atoms with van der Waals surface area (Å²) >= 11 is 0. The van der Waals surface area contributed by atoms with Crippen molar-refractivity contribution < 1.29 is 9.13 Å². The first-order valence-corrected chi connectivity index (χ1v) is 6.39. The number of aryl methyl sites for hydroxylation is 1. The van der Waals surface area contributed by atoms with Crippen LogP contribution >= 0.6 is 0 Å². The van der Waals surface area contributed by atoms with Gasteiger partial charge in [0.2, 0.25) is 5.56 Å². The zero-order chi connectivity index (χ0) is 14.3. The maximum absolute atomic E-state index is 14.0. The molecule has 2 atom stereocenters. The Morgan fingerprint density at radius 3 is 3.00 bits per heavy atom. The molecule has 0 aliphatic carbocycles. The van der Waals surface area contributed by atoms with Gasteiger partial charge in [0.15, 0.2) is 0 Å². The topological polar surface area (TPSA) is 77.0 Å². The first-order valence-electron chi connectivity index (χ1n) is 6.39. The third-order valence-electron chi connectivity index (χ3n) is 3.62. The Bertz CT molecular complexity index is 768. The second-order valence-corrected chi connectivity index (χ2v) is 4.92. The smallest absolute Gasteiger partial charge is 0.274 e. The van der Waals surface area contributed by atoms with Gasteiger partial charge in [0.05, 0.1) is 17.7 Å². The molecule has 1 saturated heterocycles. The van der Waals surface area contributed by atoms with Crippen molar-refractivity contribution in [1.29, 1.82) is 0 Å². The van der Waals surface area contributed by atoms with Gasteiger partial charge >= 0.3 is 0 Å². The largest absolute Gasteiger partial charge is 0.378 e. The number of rotatable bonds is 1. The molecule has 0 bridgehead atoms. The average Bonchev–Trinajstić information content (AvgIpc) is 2.44. The number of ether oxygens (including phenoxy) is 1. The minimum absolute atomic E-state index is 0.0278. The number of hydrogen-bond donors (Lipinski definition) is 1. The summed E-state index contributed by atoms with van der Waals surface area (Å²) in [6.07, 6.45) is 0.772. The van der Waals surface area contributed by atoms with E-state index in [0.29, 0.717) is 24.1 Å². The molecule has 1 aliphatic heterocycles. The van der Waals surface area contributed by atoms with Gasteiger partial charge in [-0.15, -0.1) is 0 Å². The number of H-pyrrole nitrogens is 1. The van der Waals surface area contributed by atoms with Crippen molar-refractivity contribution in [1.82, 2.24) is 14.8 Å². The van der Waals surface area contributed by atoms with Gasteiger partial charge in [0, 0.05) is 37.2 Å². The lowest BCUT2D eigenvalue weighted by Crippen LogP contribution is -2.31. The average molecular weight is 279 g/mol. The molecule has 1 aliphatic rings. The van der Waals surface area contributed by atoms with Crippen LogP contribution in [0.2, 0.25) is 0 Å². The van der Waals surface area contributed by atoms with E-state index in [-0.39, 0.29) is 23.1 Å². The maximum Gasteiger partial charge on any atom is 0.274 e. The van der Waals surface area contributed by atoms with Gasteiger partial charge < -0.3 is 9.72 Å². The van der Waals surface area contributed by atoms with E-state index in [9.17, 15) is 14.0 Å². The standard InChI is InChI=1S/C13H14FN3O3/c1-17-13(19)8-4-11(18)15-5-9(8)12(16-17)7-2-3-20-6-10(7)14/h4-5,7,10H,2-3,6H2,1H3,(H,15,18)/t7-,10-/m0/s1. The number of halogens is 1. The van der Waals surface area contributed by atoms with Crippen molar-refractivity contribution in [3.05, 3.63) is 38.7 Å². The van der Waals surface area contributed by atoms with E-state index in [0.717, 1.165) is 4.68 Å². The summed E-state index contributed by atoms with van der Waals surface area (Å²) in [7, 11) is 1.50. The second-order valence-electron chi connectivity index (χ2n) is 4.92. The molecule has 0 radical (unpaired) electrons. The molecule has 0 unspecified atom stereocenters. The van der Waals surface area contributed by atoms with Crippen LogP contribution in [0.4, 0.5) is 4.39 Å². The van der Waals surface area contributed by atoms with Crippen molar-refractivity contribution >= 4 is 10.8 Å². The molecule has 6 nitrogen and oxygen atoms in total. The summed E-state index contributed by atoms with van der Waals surface area (Å²) in [6, 6.07) is 1.23. The summed E-state index contributed by atoms with van der Waals surface area (Å²) in [5, 5.41) is 4.96. The predicted molar refractivity (Wildman–Crippen MR) is 70.7 cm³/mol. The molecule has 2 aromatic rings. The molecule has 0 saturated carbocycles. The number of nitrogens with zero attached hydrogens (tertiary/aromatic N) is 2. The van der Waals surface area contributed by atoms with E-state index < -0.39 is 12.1 Å². The maximum atomic E-state index is 14.0. The van der Waals surface area contributed by atoms with Crippen LogP contribution in [0.25, 0.3) is 10.8 Å². The number of alkyl halides is 1. The van der Waals surface area contributed by atoms with Crippen LogP contribution < -0.4 is 11.1 Å². The SMILES string of the molecule is Cn1nc([C@H]2CCOC[C@@H]2F)c2c[nH]c(=O)cc2c1=O. The molecule has 106 valence electrons. The van der Waals surface area contributed by atoms with Crippen LogP contribution in [0.5, 0.6) is 0 Å². The normalized spacial score (nSPS) is 23.1. The van der Waals surface area contributed by atoms with Crippen LogP contribution in [-0.4, -0.2) is 34.1 Å². The van der Waals surface area contributed by atoms with E-state index in [1.807, 2.05) is 0 Å². The fourth-order valence-corrected chi connectivity index (χ4v) is 2.58. The van der Waals surface area contributed by atoms with Crippen molar-refractivity contribution in [2.24, 2.45) is 7.05 Å². The number of fused-ring (bicyclic) bond motifs is 1. The molecule has 0 spiro atoms. The van der Waals surface area contributed by atoms with Gasteiger partial charge in [0.25, 0.3) is 5.56 Å². The molecule has 20 heavy (non-hydrogen) atoms. The van der Waals surface area contributed by atoms with Crippen LogP contribution in [0.3, 0.4) is 0 Å². The van der Waals surface area contributed by atoms with Gasteiger partial charge in [-0.2, -0.15) is 5.10 Å². The lowest BCUT2D eigenvalue weighted by atomic mass is 9.92. The third-order valence-corrected chi connectivity index (χ3v) is 3.62. The van der Waals surface area contributed by atoms with E-state index in [1.165, 1.54) is 19.3 Å². The Hall–Kier alpha value is -2.02. The number of hydrogen-bond acceptors (Lipinski definition) is 4. The highest BCUT2D eigenvalue weighted by Gasteiger charge is 2.30. The Morgan fingerprint density at radius 1 is 1.45 bits per heavy atom. The summed E-state index contributed by atoms with van der Waals surface area (Å²) in [5.74, 6) is -0.427. The van der Waals surface area contributed by atoms with E-state index in [1.54, 1.807) is 0 Å². The second kappa shape index (κ2) is 4.82. The highest BCUT2D eigenvalue weighted by Crippen LogP contribution is 2.31. The Labute approximate surface area is 113 Å². The molecular formula is C13H14FN3O3. The van der Waals surface area contributed by atoms with Gasteiger partial charge in [-0.3, -0.25) is 9.59 Å². The molecule has 1 N–H and O–H groups in total. The Balaban J connectivity index is 2.27. The van der Waals surface area contributed by atoms with E-state index in [4.69, 9.17) is 4.74 Å². The quantitative estimate of drug-likeness (QED) is 0.823. The van der Waals surface area contributed by atoms with Crippen LogP contribution in [0.15, 0.2) is 21.9 Å². The monoisotopic (exact) mass is 279 g/mol. The van der Waals surface area contributed by atoms with Crippen LogP contribution in [-0.2, 0) is 11.8 Å². The molecule has 1 fully saturated rings. The van der Waals surface area contributed by atoms with Crippen molar-refractivity contribution in [2.75, 3.05) is 13.2 Å². The van der Waals surface area contributed by atoms with Crippen molar-refractivity contribution in [3.8, 4) is 0 Å². The predicted octanol–water partition coefficient (Wildman–Crippen LogP) is 0.464. The number of aromatic amines is 1. The lowest BCUT2D eigenvalue weighted by Gasteiger charge is -2.26. The highest BCUT2D eigenvalue weighted by atomic mass is 19.1. The van der Waals surface area contributed by atoms with Gasteiger partial charge in [-0.1, -0.05) is 0 Å². The number of aromatic nitrogens is 3. The number of nitrogens with one attached hydrogen (secondary N) is 1. The summed E-state index contributed by atoms with van der Waals surface area (Å²) < 4.78 is 20.3. The van der Waals surface area contributed by atoms with Crippen molar-refractivity contribution in [3.63, 3.8) is 0 Å². The van der Waals surface area contributed by atoms with Crippen molar-refractivity contribution in [2.45, 2.75) is 18.5 Å². The van der Waals surface area contributed by atoms with E-state index >= 15 is 0 Å². The fraction of sp³-hybridized carbons (Fsp3) is 0.462. The van der Waals surface area contributed by atoms with Crippen LogP contribution in [0.1, 0.15) is 18.0 Å². The fourth-order valence-electron chi connectivity index (χ4n) is 2.58. The summed E-state index contributed by atoms with van der Waals surface area (Å²) in [4.78, 5) is 25.9. The minimum atomic E-state index is -1.16. The van der Waals surface area contributed by atoms with Gasteiger partial charge in [0.1, 0.15) is 6.17 Å². The lowest BCUT2D eigenvalue weighted by molar-refractivity contribution is 0.0209. The molecule has 2 aromatic heterocycles. The third kappa shape index (κ3) is 2.03. The molecule has 0 amide bonds. The molecule has 3 heterocycles. The first-order chi connectivity index (χ1) is 9.58. The number of pyridine rings is 1. The van der Waals surface area contributed by atoms with Crippen LogP contribution in [0, 0.1) is 0 Å². The molecule has 7 heteroatoms. The van der Waals surface area contributed by atoms with Gasteiger partial charge in [-0.25, -0.2) is 9.07 Å². The Morgan fingerprint density at radius 2 is 2.25 bits per heavy atom. The Kier molecular flexibility index (Phi) is 3.13. The summed E-state index contributed by atoms with van der Waals surface area (Å²) in [5.41, 5.74) is -0.234. The first kappa shape index (κ1) is 13.0. The molecule has 3 rings (SSSR count). The molecule has 0 aromatic carbocycles. The minimum Gasteiger partial charge on any atom is -0.378 e. The molecular weight excluding hydrogens is 265 g/mol.